The Morgan fingerprint density at radius 3 is 2.83 bits per heavy atom. The van der Waals surface area contributed by atoms with E-state index in [2.05, 4.69) is 27.1 Å². The molecule has 1 aromatic heterocycles. The zero-order valence-electron chi connectivity index (χ0n) is 17.2. The SMILES string of the molecule is CC#Cc1c(C=NC(C)C)[nH]c2cc(C(=O)NCc3cccc(OC)c3)ccc12. The lowest BCUT2D eigenvalue weighted by molar-refractivity contribution is 0.0951. The van der Waals surface area contributed by atoms with Gasteiger partial charge in [-0.15, -0.1) is 5.92 Å². The van der Waals surface area contributed by atoms with Gasteiger partial charge in [0.25, 0.3) is 5.91 Å². The normalized spacial score (nSPS) is 10.9. The zero-order valence-corrected chi connectivity index (χ0v) is 17.2. The van der Waals surface area contributed by atoms with E-state index >= 15 is 0 Å². The van der Waals surface area contributed by atoms with Crippen molar-refractivity contribution in [1.82, 2.24) is 10.3 Å². The van der Waals surface area contributed by atoms with Crippen molar-refractivity contribution in [3.63, 3.8) is 0 Å². The first-order chi connectivity index (χ1) is 14.0. The van der Waals surface area contributed by atoms with Crippen LogP contribution in [0.25, 0.3) is 10.9 Å². The molecule has 0 saturated heterocycles. The molecule has 5 nitrogen and oxygen atoms in total. The van der Waals surface area contributed by atoms with Gasteiger partial charge in [0, 0.05) is 35.3 Å². The summed E-state index contributed by atoms with van der Waals surface area (Å²) in [6.45, 7) is 6.28. The van der Waals surface area contributed by atoms with Crippen LogP contribution in [0.15, 0.2) is 47.5 Å². The van der Waals surface area contributed by atoms with Crippen LogP contribution in [0, 0.1) is 11.8 Å². The molecule has 1 amide bonds. The maximum Gasteiger partial charge on any atom is 0.251 e. The van der Waals surface area contributed by atoms with Crippen LogP contribution in [0.1, 0.15) is 48.0 Å². The van der Waals surface area contributed by atoms with Gasteiger partial charge in [-0.1, -0.05) is 24.1 Å². The summed E-state index contributed by atoms with van der Waals surface area (Å²) in [5.41, 5.74) is 4.19. The number of aromatic amines is 1. The minimum absolute atomic E-state index is 0.134. The Labute approximate surface area is 171 Å². The standard InChI is InChI=1S/C24H25N3O2/c1-5-7-20-21-11-10-18(13-22(21)27-23(20)15-25-16(2)3)24(28)26-14-17-8-6-9-19(12-17)29-4/h6,8-13,15-16,27H,14H2,1-4H3,(H,26,28). The van der Waals surface area contributed by atoms with Crippen LogP contribution in [0.3, 0.4) is 0 Å². The predicted molar refractivity (Wildman–Crippen MR) is 118 cm³/mol. The highest BCUT2D eigenvalue weighted by Gasteiger charge is 2.12. The van der Waals surface area contributed by atoms with E-state index in [-0.39, 0.29) is 11.9 Å². The number of aromatic nitrogens is 1. The second-order valence-corrected chi connectivity index (χ2v) is 6.96. The van der Waals surface area contributed by atoms with Gasteiger partial charge in [-0.25, -0.2) is 0 Å². The highest BCUT2D eigenvalue weighted by molar-refractivity contribution is 6.01. The molecule has 0 unspecified atom stereocenters. The Kier molecular flexibility index (Phi) is 6.36. The number of carbonyl (C=O) groups is 1. The summed E-state index contributed by atoms with van der Waals surface area (Å²) in [4.78, 5) is 20.4. The molecule has 0 radical (unpaired) electrons. The number of amides is 1. The predicted octanol–water partition coefficient (Wildman–Crippen LogP) is 4.31. The first-order valence-electron chi connectivity index (χ1n) is 9.54. The number of hydrogen-bond acceptors (Lipinski definition) is 3. The molecular weight excluding hydrogens is 362 g/mol. The van der Waals surface area contributed by atoms with E-state index < -0.39 is 0 Å². The minimum Gasteiger partial charge on any atom is -0.497 e. The number of aliphatic imine (C=N–C) groups is 1. The molecule has 0 saturated carbocycles. The molecule has 1 heterocycles. The lowest BCUT2D eigenvalue weighted by Gasteiger charge is -2.07. The molecule has 5 heteroatoms. The van der Waals surface area contributed by atoms with E-state index in [1.165, 1.54) is 0 Å². The van der Waals surface area contributed by atoms with Crippen molar-refractivity contribution in [3.05, 3.63) is 64.8 Å². The average molecular weight is 387 g/mol. The first-order valence-corrected chi connectivity index (χ1v) is 9.54. The fourth-order valence-corrected chi connectivity index (χ4v) is 3.01. The average Bonchev–Trinajstić information content (AvgIpc) is 3.07. The number of fused-ring (bicyclic) bond motifs is 1. The Morgan fingerprint density at radius 1 is 1.28 bits per heavy atom. The number of ether oxygens (including phenoxy) is 1. The molecule has 3 aromatic rings. The molecule has 0 atom stereocenters. The van der Waals surface area contributed by atoms with Gasteiger partial charge in [0.05, 0.1) is 18.4 Å². The van der Waals surface area contributed by atoms with Crippen molar-refractivity contribution in [2.45, 2.75) is 33.4 Å². The van der Waals surface area contributed by atoms with Crippen molar-refractivity contribution in [3.8, 4) is 17.6 Å². The Morgan fingerprint density at radius 2 is 2.10 bits per heavy atom. The van der Waals surface area contributed by atoms with Crippen molar-refractivity contribution in [2.24, 2.45) is 4.99 Å². The maximum atomic E-state index is 12.6. The second kappa shape index (κ2) is 9.11. The Hall–Kier alpha value is -3.52. The monoisotopic (exact) mass is 387 g/mol. The zero-order chi connectivity index (χ0) is 20.8. The molecule has 0 aliphatic carbocycles. The fraction of sp³-hybridized carbons (Fsp3) is 0.250. The lowest BCUT2D eigenvalue weighted by atomic mass is 10.1. The number of hydrogen-bond donors (Lipinski definition) is 2. The quantitative estimate of drug-likeness (QED) is 0.489. The minimum atomic E-state index is -0.134. The molecule has 0 fully saturated rings. The molecule has 0 spiro atoms. The Bertz CT molecular complexity index is 1110. The molecule has 2 N–H and O–H groups in total. The molecule has 0 aliphatic rings. The van der Waals surface area contributed by atoms with E-state index in [0.29, 0.717) is 12.1 Å². The summed E-state index contributed by atoms with van der Waals surface area (Å²) in [6.07, 6.45) is 1.81. The summed E-state index contributed by atoms with van der Waals surface area (Å²) < 4.78 is 5.22. The summed E-state index contributed by atoms with van der Waals surface area (Å²) in [5, 5.41) is 3.94. The van der Waals surface area contributed by atoms with Gasteiger partial charge in [-0.3, -0.25) is 9.79 Å². The van der Waals surface area contributed by atoms with Gasteiger partial charge in [0.2, 0.25) is 0 Å². The molecular formula is C24H25N3O2. The summed E-state index contributed by atoms with van der Waals surface area (Å²) in [6, 6.07) is 13.4. The van der Waals surface area contributed by atoms with Crippen LogP contribution >= 0.6 is 0 Å². The van der Waals surface area contributed by atoms with Crippen LogP contribution in [0.2, 0.25) is 0 Å². The third kappa shape index (κ3) is 4.85. The highest BCUT2D eigenvalue weighted by Crippen LogP contribution is 2.22. The molecule has 0 aliphatic heterocycles. The number of benzene rings is 2. The van der Waals surface area contributed by atoms with Crippen LogP contribution in [-0.4, -0.2) is 30.3 Å². The number of nitrogens with one attached hydrogen (secondary N) is 2. The topological polar surface area (TPSA) is 66.5 Å². The van der Waals surface area contributed by atoms with E-state index in [1.807, 2.05) is 69.5 Å². The van der Waals surface area contributed by atoms with Gasteiger partial charge < -0.3 is 15.0 Å². The van der Waals surface area contributed by atoms with E-state index in [9.17, 15) is 4.79 Å². The van der Waals surface area contributed by atoms with Gasteiger partial charge in [-0.05, 0) is 50.6 Å². The van der Waals surface area contributed by atoms with E-state index in [4.69, 9.17) is 4.74 Å². The molecule has 2 aromatic carbocycles. The maximum absolute atomic E-state index is 12.6. The number of nitrogens with zero attached hydrogens (tertiary/aromatic N) is 1. The highest BCUT2D eigenvalue weighted by atomic mass is 16.5. The number of rotatable bonds is 6. The second-order valence-electron chi connectivity index (χ2n) is 6.96. The van der Waals surface area contributed by atoms with Gasteiger partial charge in [-0.2, -0.15) is 0 Å². The van der Waals surface area contributed by atoms with Crippen LogP contribution in [0.5, 0.6) is 5.75 Å². The number of carbonyl (C=O) groups excluding carboxylic acids is 1. The molecule has 29 heavy (non-hydrogen) atoms. The van der Waals surface area contributed by atoms with Gasteiger partial charge in [0.1, 0.15) is 5.75 Å². The fourth-order valence-electron chi connectivity index (χ4n) is 3.01. The number of methoxy groups -OCH3 is 1. The molecule has 3 rings (SSSR count). The van der Waals surface area contributed by atoms with Crippen molar-refractivity contribution < 1.29 is 9.53 Å². The van der Waals surface area contributed by atoms with Crippen molar-refractivity contribution >= 4 is 23.0 Å². The largest absolute Gasteiger partial charge is 0.497 e. The lowest BCUT2D eigenvalue weighted by Crippen LogP contribution is -2.22. The van der Waals surface area contributed by atoms with Crippen LogP contribution < -0.4 is 10.1 Å². The first kappa shape index (κ1) is 20.2. The number of H-pyrrole nitrogens is 1. The van der Waals surface area contributed by atoms with Crippen molar-refractivity contribution in [2.75, 3.05) is 7.11 Å². The summed E-state index contributed by atoms with van der Waals surface area (Å²) >= 11 is 0. The third-order valence-corrected chi connectivity index (χ3v) is 4.43. The van der Waals surface area contributed by atoms with Crippen LogP contribution in [0.4, 0.5) is 0 Å². The van der Waals surface area contributed by atoms with Gasteiger partial charge >= 0.3 is 0 Å². The third-order valence-electron chi connectivity index (χ3n) is 4.43. The van der Waals surface area contributed by atoms with E-state index in [0.717, 1.165) is 33.5 Å². The van der Waals surface area contributed by atoms with Crippen molar-refractivity contribution in [1.29, 1.82) is 0 Å². The van der Waals surface area contributed by atoms with E-state index in [1.54, 1.807) is 7.11 Å². The molecule has 148 valence electrons. The van der Waals surface area contributed by atoms with Crippen LogP contribution in [-0.2, 0) is 6.54 Å². The van der Waals surface area contributed by atoms with Gasteiger partial charge in [0.15, 0.2) is 0 Å². The molecule has 0 bridgehead atoms. The summed E-state index contributed by atoms with van der Waals surface area (Å²) in [7, 11) is 1.63. The smallest absolute Gasteiger partial charge is 0.251 e. The summed E-state index contributed by atoms with van der Waals surface area (Å²) in [5.74, 6) is 6.73. The Balaban J connectivity index is 1.84.